The Balaban J connectivity index is 3.49. The van der Waals surface area contributed by atoms with E-state index in [0.717, 1.165) is 44.9 Å². The highest BCUT2D eigenvalue weighted by molar-refractivity contribution is 5.69. The summed E-state index contributed by atoms with van der Waals surface area (Å²) in [6.07, 6.45) is 29.1. The Labute approximate surface area is 154 Å². The molecule has 0 fully saturated rings. The molecular formula is C22H35NO2. The van der Waals surface area contributed by atoms with E-state index in [-0.39, 0.29) is 5.97 Å². The molecule has 0 aliphatic rings. The number of unbranched alkanes of at least 4 members (excludes halogenated alkanes) is 1. The topological polar surface area (TPSA) is 52.3 Å². The Bertz CT molecular complexity index is 445. The van der Waals surface area contributed by atoms with Gasteiger partial charge in [0.25, 0.3) is 0 Å². The zero-order valence-electron chi connectivity index (χ0n) is 15.7. The monoisotopic (exact) mass is 345 g/mol. The minimum Gasteiger partial charge on any atom is -0.464 e. The summed E-state index contributed by atoms with van der Waals surface area (Å²) in [6, 6.07) is 0. The van der Waals surface area contributed by atoms with Crippen LogP contribution in [-0.4, -0.2) is 19.1 Å². The predicted molar refractivity (Wildman–Crippen MR) is 108 cm³/mol. The van der Waals surface area contributed by atoms with Crippen molar-refractivity contribution in [1.29, 1.82) is 0 Å². The van der Waals surface area contributed by atoms with Crippen LogP contribution >= 0.6 is 0 Å². The molecule has 0 aromatic carbocycles. The summed E-state index contributed by atoms with van der Waals surface area (Å²) in [5.41, 5.74) is 5.27. The average molecular weight is 346 g/mol. The quantitative estimate of drug-likeness (QED) is 0.245. The van der Waals surface area contributed by atoms with Gasteiger partial charge >= 0.3 is 5.97 Å². The van der Waals surface area contributed by atoms with Crippen LogP contribution in [0.1, 0.15) is 58.3 Å². The highest BCUT2D eigenvalue weighted by atomic mass is 16.5. The van der Waals surface area contributed by atoms with E-state index >= 15 is 0 Å². The van der Waals surface area contributed by atoms with Gasteiger partial charge in [-0.2, -0.15) is 0 Å². The number of ether oxygens (including phenoxy) is 1. The number of rotatable bonds is 15. The van der Waals surface area contributed by atoms with Crippen LogP contribution in [0.2, 0.25) is 0 Å². The van der Waals surface area contributed by atoms with Crippen molar-refractivity contribution in [2.24, 2.45) is 5.73 Å². The molecule has 0 amide bonds. The molecule has 140 valence electrons. The van der Waals surface area contributed by atoms with Crippen LogP contribution < -0.4 is 5.73 Å². The first-order valence-corrected chi connectivity index (χ1v) is 9.41. The summed E-state index contributed by atoms with van der Waals surface area (Å²) in [4.78, 5) is 11.2. The van der Waals surface area contributed by atoms with Crippen LogP contribution in [0.4, 0.5) is 0 Å². The minimum atomic E-state index is -0.155. The summed E-state index contributed by atoms with van der Waals surface area (Å²) in [5.74, 6) is -0.155. The number of carbonyl (C=O) groups is 1. The fraction of sp³-hybridized carbons (Fsp3) is 0.500. The van der Waals surface area contributed by atoms with E-state index in [2.05, 4.69) is 67.7 Å². The second-order valence-electron chi connectivity index (χ2n) is 5.61. The summed E-state index contributed by atoms with van der Waals surface area (Å²) in [7, 11) is 0. The van der Waals surface area contributed by atoms with Gasteiger partial charge in [-0.25, -0.2) is 0 Å². The van der Waals surface area contributed by atoms with E-state index < -0.39 is 0 Å². The molecular weight excluding hydrogens is 310 g/mol. The number of esters is 1. The van der Waals surface area contributed by atoms with Crippen LogP contribution in [0, 0.1) is 0 Å². The van der Waals surface area contributed by atoms with Gasteiger partial charge in [-0.15, -0.1) is 0 Å². The smallest absolute Gasteiger partial charge is 0.305 e. The molecule has 0 aromatic heterocycles. The molecule has 0 radical (unpaired) electrons. The molecule has 0 saturated carbocycles. The van der Waals surface area contributed by atoms with Crippen molar-refractivity contribution >= 4 is 5.97 Å². The zero-order valence-corrected chi connectivity index (χ0v) is 15.7. The Morgan fingerprint density at radius 3 is 1.76 bits per heavy atom. The van der Waals surface area contributed by atoms with Gasteiger partial charge < -0.3 is 10.5 Å². The van der Waals surface area contributed by atoms with Gasteiger partial charge in [-0.3, -0.25) is 4.79 Å². The molecule has 2 N–H and O–H groups in total. The number of carbonyl (C=O) groups excluding carboxylic acids is 1. The van der Waals surface area contributed by atoms with E-state index in [4.69, 9.17) is 10.5 Å². The second kappa shape index (κ2) is 20.2. The summed E-state index contributed by atoms with van der Waals surface area (Å²) in [6.45, 7) is 2.86. The van der Waals surface area contributed by atoms with Gasteiger partial charge in [0.1, 0.15) is 6.61 Å². The molecule has 25 heavy (non-hydrogen) atoms. The lowest BCUT2D eigenvalue weighted by Crippen LogP contribution is -2.13. The van der Waals surface area contributed by atoms with Gasteiger partial charge in [0.2, 0.25) is 0 Å². The zero-order chi connectivity index (χ0) is 18.4. The Morgan fingerprint density at radius 2 is 1.28 bits per heavy atom. The predicted octanol–water partition coefficient (Wildman–Crippen LogP) is 5.41. The molecule has 0 rings (SSSR count). The highest BCUT2D eigenvalue weighted by Crippen LogP contribution is 2.00. The Hall–Kier alpha value is -1.87. The summed E-state index contributed by atoms with van der Waals surface area (Å²) in [5, 5.41) is 0. The maximum atomic E-state index is 11.2. The van der Waals surface area contributed by atoms with E-state index in [1.807, 2.05) is 0 Å². The van der Waals surface area contributed by atoms with Gasteiger partial charge in [-0.05, 0) is 44.9 Å². The Morgan fingerprint density at radius 1 is 0.800 bits per heavy atom. The molecule has 0 spiro atoms. The van der Waals surface area contributed by atoms with Crippen LogP contribution in [-0.2, 0) is 9.53 Å². The van der Waals surface area contributed by atoms with Gasteiger partial charge in [-0.1, -0.05) is 67.7 Å². The Kier molecular flexibility index (Phi) is 18.7. The van der Waals surface area contributed by atoms with Crippen molar-refractivity contribution in [1.82, 2.24) is 0 Å². The van der Waals surface area contributed by atoms with Crippen molar-refractivity contribution in [3.8, 4) is 0 Å². The SMILES string of the molecule is CC/C=C/C/C=C/C/C=C/C/C=C/C/C=C/CCCC(=O)OCCN. The fourth-order valence-corrected chi connectivity index (χ4v) is 1.98. The van der Waals surface area contributed by atoms with Gasteiger partial charge in [0, 0.05) is 13.0 Å². The molecule has 0 aliphatic heterocycles. The van der Waals surface area contributed by atoms with Crippen LogP contribution in [0.25, 0.3) is 0 Å². The van der Waals surface area contributed by atoms with Crippen molar-refractivity contribution < 1.29 is 9.53 Å². The molecule has 0 unspecified atom stereocenters. The first-order valence-electron chi connectivity index (χ1n) is 9.41. The molecule has 0 aromatic rings. The van der Waals surface area contributed by atoms with E-state index in [1.165, 1.54) is 0 Å². The average Bonchev–Trinajstić information content (AvgIpc) is 2.62. The molecule has 0 atom stereocenters. The van der Waals surface area contributed by atoms with E-state index in [9.17, 15) is 4.79 Å². The lowest BCUT2D eigenvalue weighted by atomic mass is 10.2. The number of hydrogen-bond acceptors (Lipinski definition) is 3. The lowest BCUT2D eigenvalue weighted by molar-refractivity contribution is -0.143. The largest absolute Gasteiger partial charge is 0.464 e. The van der Waals surface area contributed by atoms with Crippen LogP contribution in [0.15, 0.2) is 60.8 Å². The molecule has 3 heteroatoms. The maximum Gasteiger partial charge on any atom is 0.305 e. The third kappa shape index (κ3) is 20.1. The van der Waals surface area contributed by atoms with Gasteiger partial charge in [0.15, 0.2) is 0 Å². The van der Waals surface area contributed by atoms with Crippen LogP contribution in [0.3, 0.4) is 0 Å². The van der Waals surface area contributed by atoms with Gasteiger partial charge in [0.05, 0.1) is 0 Å². The second-order valence-corrected chi connectivity index (χ2v) is 5.61. The molecule has 0 heterocycles. The molecule has 3 nitrogen and oxygen atoms in total. The van der Waals surface area contributed by atoms with Crippen molar-refractivity contribution in [3.63, 3.8) is 0 Å². The van der Waals surface area contributed by atoms with Crippen molar-refractivity contribution in [2.75, 3.05) is 13.2 Å². The maximum absolute atomic E-state index is 11.2. The summed E-state index contributed by atoms with van der Waals surface area (Å²) >= 11 is 0. The molecule has 0 aliphatic carbocycles. The minimum absolute atomic E-state index is 0.155. The first kappa shape index (κ1) is 23.1. The van der Waals surface area contributed by atoms with E-state index in [0.29, 0.717) is 19.6 Å². The van der Waals surface area contributed by atoms with E-state index in [1.54, 1.807) is 0 Å². The third-order valence-corrected chi connectivity index (χ3v) is 3.29. The summed E-state index contributed by atoms with van der Waals surface area (Å²) < 4.78 is 4.91. The normalized spacial score (nSPS) is 12.6. The first-order chi connectivity index (χ1) is 12.3. The standard InChI is InChI=1S/C22H35NO2/c1-2-3-4-5-6-7-8-9-10-11-12-13-14-15-16-17-18-19-22(24)25-21-20-23/h3-4,6-7,9-10,12-13,15-16H,2,5,8,11,14,17-21,23H2,1H3/b4-3+,7-6+,10-9+,13-12+,16-15+. The molecule has 0 bridgehead atoms. The third-order valence-electron chi connectivity index (χ3n) is 3.29. The van der Waals surface area contributed by atoms with Crippen molar-refractivity contribution in [3.05, 3.63) is 60.8 Å². The highest BCUT2D eigenvalue weighted by Gasteiger charge is 1.99. The van der Waals surface area contributed by atoms with Crippen LogP contribution in [0.5, 0.6) is 0 Å². The number of nitrogens with two attached hydrogens (primary N) is 1. The molecule has 0 saturated heterocycles. The number of hydrogen-bond donors (Lipinski definition) is 1. The van der Waals surface area contributed by atoms with Crippen molar-refractivity contribution in [2.45, 2.75) is 58.3 Å². The number of allylic oxidation sites excluding steroid dienone is 10. The lowest BCUT2D eigenvalue weighted by Gasteiger charge is -2.00. The fourth-order valence-electron chi connectivity index (χ4n) is 1.98.